The summed E-state index contributed by atoms with van der Waals surface area (Å²) in [4.78, 5) is 28.6. The Labute approximate surface area is 170 Å². The van der Waals surface area contributed by atoms with Gasteiger partial charge in [0.15, 0.2) is 6.61 Å². The molecule has 3 aromatic rings. The molecule has 0 fully saturated rings. The average molecular weight is 421 g/mol. The van der Waals surface area contributed by atoms with Crippen LogP contribution in [0, 0.1) is 0 Å². The van der Waals surface area contributed by atoms with Crippen molar-refractivity contribution in [2.45, 2.75) is 4.90 Å². The van der Waals surface area contributed by atoms with Crippen LogP contribution in [0.4, 0.5) is 5.82 Å². The van der Waals surface area contributed by atoms with Crippen molar-refractivity contribution in [3.05, 3.63) is 64.8 Å². The lowest BCUT2D eigenvalue weighted by Gasteiger charge is -2.08. The molecule has 0 aliphatic rings. The lowest BCUT2D eigenvalue weighted by atomic mass is 10.1. The van der Waals surface area contributed by atoms with Crippen molar-refractivity contribution in [3.8, 4) is 0 Å². The van der Waals surface area contributed by atoms with Gasteiger partial charge in [0.2, 0.25) is 0 Å². The monoisotopic (exact) mass is 420 g/mol. The summed E-state index contributed by atoms with van der Waals surface area (Å²) in [5.41, 5.74) is 0. The SMILES string of the molecule is O=C(COC(=O)CSc1cccc2cccc(Cl)c12)Nc1ccc(Cl)cn1. The largest absolute Gasteiger partial charge is 0.455 e. The van der Waals surface area contributed by atoms with Crippen molar-refractivity contribution in [1.82, 2.24) is 4.98 Å². The Morgan fingerprint density at radius 3 is 2.59 bits per heavy atom. The minimum atomic E-state index is -0.497. The van der Waals surface area contributed by atoms with Crippen LogP contribution in [-0.2, 0) is 14.3 Å². The number of nitrogens with zero attached hydrogens (tertiary/aromatic N) is 1. The van der Waals surface area contributed by atoms with Crippen molar-refractivity contribution in [3.63, 3.8) is 0 Å². The number of amides is 1. The smallest absolute Gasteiger partial charge is 0.316 e. The third-order valence-corrected chi connectivity index (χ3v) is 5.09. The molecule has 0 unspecified atom stereocenters. The molecule has 0 bridgehead atoms. The number of carbonyl (C=O) groups excluding carboxylic acids is 2. The van der Waals surface area contributed by atoms with Crippen molar-refractivity contribution in [2.75, 3.05) is 17.7 Å². The third kappa shape index (κ3) is 5.35. The molecule has 8 heteroatoms. The zero-order chi connectivity index (χ0) is 19.2. The highest BCUT2D eigenvalue weighted by molar-refractivity contribution is 8.00. The van der Waals surface area contributed by atoms with E-state index in [1.165, 1.54) is 18.0 Å². The number of hydrogen-bond acceptors (Lipinski definition) is 5. The van der Waals surface area contributed by atoms with Gasteiger partial charge in [0, 0.05) is 21.5 Å². The number of fused-ring (bicyclic) bond motifs is 1. The van der Waals surface area contributed by atoms with Crippen LogP contribution in [0.2, 0.25) is 10.0 Å². The number of benzene rings is 2. The molecule has 0 aliphatic heterocycles. The molecule has 27 heavy (non-hydrogen) atoms. The summed E-state index contributed by atoms with van der Waals surface area (Å²) in [5, 5.41) is 5.50. The fourth-order valence-corrected chi connectivity index (χ4v) is 3.69. The predicted octanol–water partition coefficient (Wildman–Crippen LogP) is 4.82. The van der Waals surface area contributed by atoms with Crippen LogP contribution >= 0.6 is 35.0 Å². The van der Waals surface area contributed by atoms with Crippen LogP contribution in [-0.4, -0.2) is 29.2 Å². The third-order valence-electron chi connectivity index (χ3n) is 3.52. The van der Waals surface area contributed by atoms with E-state index in [9.17, 15) is 9.59 Å². The van der Waals surface area contributed by atoms with E-state index < -0.39 is 11.9 Å². The van der Waals surface area contributed by atoms with E-state index in [2.05, 4.69) is 10.3 Å². The van der Waals surface area contributed by atoms with Crippen molar-refractivity contribution in [2.24, 2.45) is 0 Å². The summed E-state index contributed by atoms with van der Waals surface area (Å²) in [7, 11) is 0. The van der Waals surface area contributed by atoms with Gasteiger partial charge in [0.05, 0.1) is 10.8 Å². The van der Waals surface area contributed by atoms with Gasteiger partial charge in [-0.1, -0.05) is 47.5 Å². The lowest BCUT2D eigenvalue weighted by molar-refractivity contribution is -0.144. The normalized spacial score (nSPS) is 10.6. The molecule has 3 rings (SSSR count). The number of hydrogen-bond donors (Lipinski definition) is 1. The summed E-state index contributed by atoms with van der Waals surface area (Å²) >= 11 is 13.3. The fraction of sp³-hybridized carbons (Fsp3) is 0.105. The van der Waals surface area contributed by atoms with Gasteiger partial charge in [0.25, 0.3) is 5.91 Å². The second-order valence-corrected chi connectivity index (χ2v) is 7.31. The van der Waals surface area contributed by atoms with Gasteiger partial charge in [-0.2, -0.15) is 0 Å². The van der Waals surface area contributed by atoms with Crippen LogP contribution in [0.15, 0.2) is 59.6 Å². The lowest BCUT2D eigenvalue weighted by Crippen LogP contribution is -2.22. The first-order valence-electron chi connectivity index (χ1n) is 7.90. The molecular weight excluding hydrogens is 407 g/mol. The Morgan fingerprint density at radius 2 is 1.85 bits per heavy atom. The zero-order valence-electron chi connectivity index (χ0n) is 13.9. The number of ether oxygens (including phenoxy) is 1. The van der Waals surface area contributed by atoms with Crippen LogP contribution in [0.1, 0.15) is 0 Å². The Balaban J connectivity index is 1.51. The molecule has 0 saturated carbocycles. The van der Waals surface area contributed by atoms with E-state index >= 15 is 0 Å². The number of halogens is 2. The molecule has 5 nitrogen and oxygen atoms in total. The van der Waals surface area contributed by atoms with Crippen molar-refractivity contribution < 1.29 is 14.3 Å². The van der Waals surface area contributed by atoms with Gasteiger partial charge >= 0.3 is 5.97 Å². The number of nitrogens with one attached hydrogen (secondary N) is 1. The Bertz CT molecular complexity index is 975. The second kappa shape index (κ2) is 9.08. The summed E-state index contributed by atoms with van der Waals surface area (Å²) in [5.74, 6) is -0.573. The molecule has 0 spiro atoms. The maximum absolute atomic E-state index is 11.9. The first-order chi connectivity index (χ1) is 13.0. The number of pyridine rings is 1. The van der Waals surface area contributed by atoms with Gasteiger partial charge in [-0.3, -0.25) is 9.59 Å². The molecule has 1 heterocycles. The van der Waals surface area contributed by atoms with Crippen LogP contribution < -0.4 is 5.32 Å². The standard InChI is InChI=1S/C19H14Cl2N2O3S/c20-13-7-8-16(22-9-13)23-17(24)10-26-18(25)11-27-15-6-2-4-12-3-1-5-14(21)19(12)15/h1-9H,10-11H2,(H,22,23,24). The number of carbonyl (C=O) groups is 2. The minimum Gasteiger partial charge on any atom is -0.455 e. The Hall–Kier alpha value is -2.28. The Morgan fingerprint density at radius 1 is 1.07 bits per heavy atom. The summed E-state index contributed by atoms with van der Waals surface area (Å²) in [6, 6.07) is 14.6. The van der Waals surface area contributed by atoms with Gasteiger partial charge in [-0.05, 0) is 29.7 Å². The second-order valence-electron chi connectivity index (χ2n) is 5.45. The molecular formula is C19H14Cl2N2O3S. The molecule has 0 radical (unpaired) electrons. The van der Waals surface area contributed by atoms with Crippen molar-refractivity contribution >= 4 is 63.4 Å². The van der Waals surface area contributed by atoms with Gasteiger partial charge < -0.3 is 10.1 Å². The van der Waals surface area contributed by atoms with E-state index in [-0.39, 0.29) is 12.4 Å². The van der Waals surface area contributed by atoms with Crippen molar-refractivity contribution in [1.29, 1.82) is 0 Å². The highest BCUT2D eigenvalue weighted by Crippen LogP contribution is 2.33. The molecule has 1 aromatic heterocycles. The minimum absolute atomic E-state index is 0.0663. The van der Waals surface area contributed by atoms with Crippen LogP contribution in [0.5, 0.6) is 0 Å². The predicted molar refractivity (Wildman–Crippen MR) is 109 cm³/mol. The summed E-state index contributed by atoms with van der Waals surface area (Å²) in [6.07, 6.45) is 1.41. The molecule has 2 aromatic carbocycles. The fourth-order valence-electron chi connectivity index (χ4n) is 2.34. The molecule has 138 valence electrons. The first-order valence-corrected chi connectivity index (χ1v) is 9.64. The molecule has 1 amide bonds. The number of anilines is 1. The van der Waals surface area contributed by atoms with Gasteiger partial charge in [0.1, 0.15) is 5.82 Å². The van der Waals surface area contributed by atoms with E-state index in [0.717, 1.165) is 15.7 Å². The van der Waals surface area contributed by atoms with E-state index in [0.29, 0.717) is 15.9 Å². The average Bonchev–Trinajstić information content (AvgIpc) is 2.66. The topological polar surface area (TPSA) is 68.3 Å². The highest BCUT2D eigenvalue weighted by Gasteiger charge is 2.11. The van der Waals surface area contributed by atoms with Gasteiger partial charge in [-0.25, -0.2) is 4.98 Å². The Kier molecular flexibility index (Phi) is 6.55. The molecule has 1 N–H and O–H groups in total. The summed E-state index contributed by atoms with van der Waals surface area (Å²) < 4.78 is 5.01. The van der Waals surface area contributed by atoms with E-state index in [1.54, 1.807) is 18.2 Å². The van der Waals surface area contributed by atoms with Gasteiger partial charge in [-0.15, -0.1) is 11.8 Å². The van der Waals surface area contributed by atoms with E-state index in [4.69, 9.17) is 27.9 Å². The molecule has 0 aliphatic carbocycles. The summed E-state index contributed by atoms with van der Waals surface area (Å²) in [6.45, 7) is -0.389. The maximum atomic E-state index is 11.9. The quantitative estimate of drug-likeness (QED) is 0.457. The molecule has 0 atom stereocenters. The highest BCUT2D eigenvalue weighted by atomic mass is 35.5. The van der Waals surface area contributed by atoms with E-state index in [1.807, 2.05) is 30.3 Å². The van der Waals surface area contributed by atoms with Crippen LogP contribution in [0.3, 0.4) is 0 Å². The maximum Gasteiger partial charge on any atom is 0.316 e. The number of aromatic nitrogens is 1. The first kappa shape index (κ1) is 19.5. The zero-order valence-corrected chi connectivity index (χ0v) is 16.3. The van der Waals surface area contributed by atoms with Crippen LogP contribution in [0.25, 0.3) is 10.8 Å². The number of thioether (sulfide) groups is 1. The number of esters is 1. The molecule has 0 saturated heterocycles. The number of rotatable bonds is 6.